The molecule has 1 amide bonds. The third-order valence-electron chi connectivity index (χ3n) is 3.63. The van der Waals surface area contributed by atoms with Crippen LogP contribution >= 0.6 is 15.9 Å². The van der Waals surface area contributed by atoms with Crippen molar-refractivity contribution in [2.75, 3.05) is 11.5 Å². The molecule has 0 atom stereocenters. The summed E-state index contributed by atoms with van der Waals surface area (Å²) in [7, 11) is 0. The van der Waals surface area contributed by atoms with Crippen LogP contribution < -0.4 is 9.64 Å². The summed E-state index contributed by atoms with van der Waals surface area (Å²) in [5, 5.41) is 0. The smallest absolute Gasteiger partial charge is 0.266 e. The molecule has 0 aliphatic carbocycles. The molecule has 0 aliphatic heterocycles. The zero-order valence-corrected chi connectivity index (χ0v) is 15.4. The number of halogens is 2. The van der Waals surface area contributed by atoms with Gasteiger partial charge in [0.05, 0.1) is 6.54 Å². The molecule has 0 saturated carbocycles. The maximum atomic E-state index is 13.5. The van der Waals surface area contributed by atoms with E-state index in [2.05, 4.69) is 20.9 Å². The first-order valence-electron chi connectivity index (χ1n) is 7.96. The number of carbonyl (C=O) groups is 1. The first kappa shape index (κ1) is 18.1. The highest BCUT2D eigenvalue weighted by atomic mass is 79.9. The topological polar surface area (TPSA) is 42.4 Å². The van der Waals surface area contributed by atoms with Gasteiger partial charge in [-0.2, -0.15) is 0 Å². The standard InChI is InChI=1S/C20H16BrFN2O2/c21-16-7-9-18(10-8-16)26-14-20(25)24(19-6-1-2-11-23-19)13-15-4-3-5-17(22)12-15/h1-12H,13-14H2. The van der Waals surface area contributed by atoms with E-state index in [0.29, 0.717) is 17.1 Å². The lowest BCUT2D eigenvalue weighted by Gasteiger charge is -2.22. The van der Waals surface area contributed by atoms with E-state index in [0.717, 1.165) is 4.47 Å². The molecule has 6 heteroatoms. The number of benzene rings is 2. The Labute approximate surface area is 159 Å². The highest BCUT2D eigenvalue weighted by Crippen LogP contribution is 2.18. The molecule has 3 aromatic rings. The van der Waals surface area contributed by atoms with Crippen molar-refractivity contribution in [3.05, 3.63) is 88.8 Å². The van der Waals surface area contributed by atoms with E-state index in [1.165, 1.54) is 17.0 Å². The molecule has 0 radical (unpaired) electrons. The van der Waals surface area contributed by atoms with Gasteiger partial charge in [0.2, 0.25) is 0 Å². The van der Waals surface area contributed by atoms with Crippen molar-refractivity contribution in [3.8, 4) is 5.75 Å². The summed E-state index contributed by atoms with van der Waals surface area (Å²) in [6.07, 6.45) is 1.61. The molecule has 0 N–H and O–H groups in total. The zero-order chi connectivity index (χ0) is 18.4. The maximum Gasteiger partial charge on any atom is 0.266 e. The monoisotopic (exact) mass is 414 g/mol. The maximum absolute atomic E-state index is 13.5. The fraction of sp³-hybridized carbons (Fsp3) is 0.100. The van der Waals surface area contributed by atoms with E-state index in [1.807, 2.05) is 12.1 Å². The van der Waals surface area contributed by atoms with E-state index >= 15 is 0 Å². The van der Waals surface area contributed by atoms with Crippen LogP contribution in [-0.4, -0.2) is 17.5 Å². The Kier molecular flexibility index (Phi) is 5.96. The quantitative estimate of drug-likeness (QED) is 0.591. The Balaban J connectivity index is 1.76. The molecule has 0 saturated heterocycles. The van der Waals surface area contributed by atoms with Gasteiger partial charge in [0.15, 0.2) is 6.61 Å². The van der Waals surface area contributed by atoms with Crippen molar-refractivity contribution in [2.24, 2.45) is 0 Å². The van der Waals surface area contributed by atoms with Crippen LogP contribution in [0.3, 0.4) is 0 Å². The van der Waals surface area contributed by atoms with Crippen LogP contribution in [0.15, 0.2) is 77.4 Å². The van der Waals surface area contributed by atoms with Gasteiger partial charge in [-0.25, -0.2) is 9.37 Å². The second-order valence-electron chi connectivity index (χ2n) is 5.54. The Morgan fingerprint density at radius 3 is 2.58 bits per heavy atom. The van der Waals surface area contributed by atoms with Crippen molar-refractivity contribution < 1.29 is 13.9 Å². The van der Waals surface area contributed by atoms with E-state index < -0.39 is 0 Å². The van der Waals surface area contributed by atoms with Gasteiger partial charge in [0, 0.05) is 10.7 Å². The third kappa shape index (κ3) is 4.89. The Bertz CT molecular complexity index is 872. The van der Waals surface area contributed by atoms with E-state index in [-0.39, 0.29) is 24.9 Å². The normalized spacial score (nSPS) is 10.4. The molecule has 0 aliphatic rings. The first-order valence-corrected chi connectivity index (χ1v) is 8.75. The molecule has 26 heavy (non-hydrogen) atoms. The minimum absolute atomic E-state index is 0.145. The van der Waals surface area contributed by atoms with E-state index in [9.17, 15) is 9.18 Å². The lowest BCUT2D eigenvalue weighted by molar-refractivity contribution is -0.120. The Morgan fingerprint density at radius 1 is 1.08 bits per heavy atom. The molecular formula is C20H16BrFN2O2. The number of rotatable bonds is 6. The van der Waals surface area contributed by atoms with Gasteiger partial charge in [0.1, 0.15) is 17.4 Å². The Morgan fingerprint density at radius 2 is 1.88 bits per heavy atom. The summed E-state index contributed by atoms with van der Waals surface area (Å²) in [6, 6.07) is 18.7. The lowest BCUT2D eigenvalue weighted by atomic mass is 10.2. The number of pyridine rings is 1. The predicted molar refractivity (Wildman–Crippen MR) is 101 cm³/mol. The van der Waals surface area contributed by atoms with Crippen LogP contribution in [0.1, 0.15) is 5.56 Å². The fourth-order valence-electron chi connectivity index (χ4n) is 2.38. The number of ether oxygens (including phenoxy) is 1. The van der Waals surface area contributed by atoms with Crippen LogP contribution in [0.25, 0.3) is 0 Å². The van der Waals surface area contributed by atoms with Crippen molar-refractivity contribution in [1.29, 1.82) is 0 Å². The highest BCUT2D eigenvalue weighted by Gasteiger charge is 2.18. The van der Waals surface area contributed by atoms with Crippen molar-refractivity contribution in [3.63, 3.8) is 0 Å². The largest absolute Gasteiger partial charge is 0.484 e. The van der Waals surface area contributed by atoms with E-state index in [4.69, 9.17) is 4.74 Å². The second kappa shape index (κ2) is 8.58. The zero-order valence-electron chi connectivity index (χ0n) is 13.8. The highest BCUT2D eigenvalue weighted by molar-refractivity contribution is 9.10. The van der Waals surface area contributed by atoms with Crippen LogP contribution in [0.4, 0.5) is 10.2 Å². The first-order chi connectivity index (χ1) is 12.6. The van der Waals surface area contributed by atoms with Gasteiger partial charge in [-0.1, -0.05) is 34.1 Å². The fourth-order valence-corrected chi connectivity index (χ4v) is 2.65. The third-order valence-corrected chi connectivity index (χ3v) is 4.16. The molecule has 1 aromatic heterocycles. The molecule has 2 aromatic carbocycles. The molecule has 0 spiro atoms. The molecule has 3 rings (SSSR count). The summed E-state index contributed by atoms with van der Waals surface area (Å²) >= 11 is 3.35. The number of hydrogen-bond donors (Lipinski definition) is 0. The molecule has 0 fully saturated rings. The van der Waals surface area contributed by atoms with Gasteiger partial charge in [-0.3, -0.25) is 9.69 Å². The minimum atomic E-state index is -0.345. The van der Waals surface area contributed by atoms with Gasteiger partial charge in [-0.15, -0.1) is 0 Å². The van der Waals surface area contributed by atoms with Crippen LogP contribution in [-0.2, 0) is 11.3 Å². The molecule has 4 nitrogen and oxygen atoms in total. The lowest BCUT2D eigenvalue weighted by Crippen LogP contribution is -2.35. The SMILES string of the molecule is O=C(COc1ccc(Br)cc1)N(Cc1cccc(F)c1)c1ccccn1. The minimum Gasteiger partial charge on any atom is -0.484 e. The van der Waals surface area contributed by atoms with Gasteiger partial charge >= 0.3 is 0 Å². The number of nitrogens with zero attached hydrogens (tertiary/aromatic N) is 2. The number of carbonyl (C=O) groups excluding carboxylic acids is 1. The van der Waals surface area contributed by atoms with Gasteiger partial charge < -0.3 is 4.74 Å². The van der Waals surface area contributed by atoms with Crippen molar-refractivity contribution in [2.45, 2.75) is 6.54 Å². The molecule has 0 unspecified atom stereocenters. The summed E-state index contributed by atoms with van der Waals surface area (Å²) in [6.45, 7) is 0.0603. The number of aromatic nitrogens is 1. The van der Waals surface area contributed by atoms with E-state index in [1.54, 1.807) is 48.7 Å². The number of amides is 1. The van der Waals surface area contributed by atoms with Crippen LogP contribution in [0.2, 0.25) is 0 Å². The summed E-state index contributed by atoms with van der Waals surface area (Å²) in [5.41, 5.74) is 0.674. The van der Waals surface area contributed by atoms with Crippen molar-refractivity contribution >= 4 is 27.7 Å². The van der Waals surface area contributed by atoms with Crippen LogP contribution in [0.5, 0.6) is 5.75 Å². The molecule has 0 bridgehead atoms. The average Bonchev–Trinajstić information content (AvgIpc) is 2.66. The summed E-state index contributed by atoms with van der Waals surface area (Å²) in [5.74, 6) is 0.465. The number of hydrogen-bond acceptors (Lipinski definition) is 3. The van der Waals surface area contributed by atoms with Gasteiger partial charge in [-0.05, 0) is 54.1 Å². The second-order valence-corrected chi connectivity index (χ2v) is 6.46. The van der Waals surface area contributed by atoms with Crippen LogP contribution in [0, 0.1) is 5.82 Å². The Hall–Kier alpha value is -2.73. The van der Waals surface area contributed by atoms with Crippen molar-refractivity contribution in [1.82, 2.24) is 4.98 Å². The molecule has 1 heterocycles. The molecule has 132 valence electrons. The average molecular weight is 415 g/mol. The summed E-state index contributed by atoms with van der Waals surface area (Å²) in [4.78, 5) is 18.4. The van der Waals surface area contributed by atoms with Gasteiger partial charge in [0.25, 0.3) is 5.91 Å². The number of anilines is 1. The molecular weight excluding hydrogens is 399 g/mol. The summed E-state index contributed by atoms with van der Waals surface area (Å²) < 4.78 is 20.0. The predicted octanol–water partition coefficient (Wildman–Crippen LogP) is 4.60.